The van der Waals surface area contributed by atoms with E-state index in [9.17, 15) is 9.59 Å². The lowest BCUT2D eigenvalue weighted by atomic mass is 10.0. The third-order valence-corrected chi connectivity index (χ3v) is 5.70. The molecule has 3 aromatic rings. The molecular formula is C20H23N5O3S. The Bertz CT molecular complexity index is 1020. The van der Waals surface area contributed by atoms with Crippen molar-refractivity contribution in [2.45, 2.75) is 33.4 Å². The highest BCUT2D eigenvalue weighted by Crippen LogP contribution is 2.33. The lowest BCUT2D eigenvalue weighted by Crippen LogP contribution is -2.44. The number of hydrogen-bond acceptors (Lipinski definition) is 8. The highest BCUT2D eigenvalue weighted by Gasteiger charge is 2.27. The zero-order valence-corrected chi connectivity index (χ0v) is 17.5. The van der Waals surface area contributed by atoms with E-state index in [1.807, 2.05) is 39.0 Å². The summed E-state index contributed by atoms with van der Waals surface area (Å²) in [7, 11) is 1.31. The number of amides is 1. The molecule has 3 rings (SSSR count). The first-order chi connectivity index (χ1) is 13.9. The Kier molecular flexibility index (Phi) is 6.38. The van der Waals surface area contributed by atoms with Crippen molar-refractivity contribution in [1.82, 2.24) is 20.3 Å². The predicted octanol–water partition coefficient (Wildman–Crippen LogP) is 2.93. The number of nitrogens with zero attached hydrogens (tertiary/aromatic N) is 3. The van der Waals surface area contributed by atoms with Crippen molar-refractivity contribution in [3.63, 3.8) is 0 Å². The zero-order valence-electron chi connectivity index (χ0n) is 16.7. The van der Waals surface area contributed by atoms with Crippen LogP contribution in [0.3, 0.4) is 0 Å². The number of esters is 1. The van der Waals surface area contributed by atoms with Crippen LogP contribution < -0.4 is 10.6 Å². The maximum Gasteiger partial charge on any atom is 0.328 e. The molecule has 1 atom stereocenters. The predicted molar refractivity (Wildman–Crippen MR) is 112 cm³/mol. The highest BCUT2D eigenvalue weighted by atomic mass is 32.1. The number of anilines is 1. The molecule has 0 aliphatic carbocycles. The minimum Gasteiger partial charge on any atom is -0.467 e. The van der Waals surface area contributed by atoms with E-state index in [0.717, 1.165) is 16.6 Å². The molecule has 0 aliphatic rings. The average molecular weight is 414 g/mol. The number of aryl methyl sites for hydroxylation is 1. The summed E-state index contributed by atoms with van der Waals surface area (Å²) in [4.78, 5) is 39.0. The number of aromatic nitrogens is 3. The summed E-state index contributed by atoms with van der Waals surface area (Å²) in [6, 6.07) is 4.98. The summed E-state index contributed by atoms with van der Waals surface area (Å²) in [5.74, 6) is -0.256. The van der Waals surface area contributed by atoms with Gasteiger partial charge in [-0.25, -0.2) is 14.8 Å². The molecular weight excluding hydrogens is 390 g/mol. The summed E-state index contributed by atoms with van der Waals surface area (Å²) in [6.07, 6.45) is 3.20. The van der Waals surface area contributed by atoms with Gasteiger partial charge in [-0.05, 0) is 30.5 Å². The molecule has 0 saturated carbocycles. The molecule has 0 aliphatic heterocycles. The molecule has 0 fully saturated rings. The molecule has 0 bridgehead atoms. The lowest BCUT2D eigenvalue weighted by molar-refractivity contribution is -0.144. The van der Waals surface area contributed by atoms with Crippen LogP contribution in [0.25, 0.3) is 10.2 Å². The van der Waals surface area contributed by atoms with Crippen LogP contribution in [0.1, 0.15) is 34.8 Å². The van der Waals surface area contributed by atoms with Crippen molar-refractivity contribution < 1.29 is 14.3 Å². The van der Waals surface area contributed by atoms with Gasteiger partial charge in [0.25, 0.3) is 5.91 Å². The molecule has 0 aromatic carbocycles. The van der Waals surface area contributed by atoms with E-state index in [4.69, 9.17) is 4.74 Å². The van der Waals surface area contributed by atoms with E-state index in [1.165, 1.54) is 24.8 Å². The van der Waals surface area contributed by atoms with Crippen LogP contribution in [0.15, 0.2) is 30.7 Å². The molecule has 1 amide bonds. The molecule has 9 heteroatoms. The van der Waals surface area contributed by atoms with E-state index in [-0.39, 0.29) is 11.8 Å². The van der Waals surface area contributed by atoms with Gasteiger partial charge >= 0.3 is 5.97 Å². The van der Waals surface area contributed by atoms with Gasteiger partial charge in [0, 0.05) is 6.20 Å². The standard InChI is InChI=1S/C20H23N5O3S/c1-11(2)15(20(27)28-4)25-18(26)16-12(3)14-17(23-10-24-19(14)29-16)22-9-13-7-5-6-8-21-13/h5-8,10-11,15H,9H2,1-4H3,(H,25,26)(H,22,23,24)/t15-/m0/s1. The van der Waals surface area contributed by atoms with Gasteiger partial charge in [-0.1, -0.05) is 19.9 Å². The van der Waals surface area contributed by atoms with Gasteiger partial charge in [0.1, 0.15) is 23.0 Å². The fourth-order valence-corrected chi connectivity index (χ4v) is 3.98. The van der Waals surface area contributed by atoms with Crippen molar-refractivity contribution in [2.24, 2.45) is 5.92 Å². The van der Waals surface area contributed by atoms with Gasteiger partial charge in [0.2, 0.25) is 0 Å². The van der Waals surface area contributed by atoms with E-state index in [1.54, 1.807) is 6.20 Å². The number of carbonyl (C=O) groups excluding carboxylic acids is 2. The molecule has 3 aromatic heterocycles. The Labute approximate surface area is 172 Å². The number of pyridine rings is 1. The molecule has 3 heterocycles. The Morgan fingerprint density at radius 2 is 2.00 bits per heavy atom. The van der Waals surface area contributed by atoms with Crippen LogP contribution in [0.2, 0.25) is 0 Å². The summed E-state index contributed by atoms with van der Waals surface area (Å²) in [5, 5.41) is 6.84. The molecule has 8 nitrogen and oxygen atoms in total. The fraction of sp³-hybridized carbons (Fsp3) is 0.350. The minimum atomic E-state index is -0.718. The molecule has 0 radical (unpaired) electrons. The van der Waals surface area contributed by atoms with Gasteiger partial charge < -0.3 is 15.4 Å². The van der Waals surface area contributed by atoms with Gasteiger partial charge in [0.05, 0.1) is 29.6 Å². The Balaban J connectivity index is 1.87. The third-order valence-electron chi connectivity index (χ3n) is 4.50. The van der Waals surface area contributed by atoms with Gasteiger partial charge in [-0.2, -0.15) is 0 Å². The lowest BCUT2D eigenvalue weighted by Gasteiger charge is -2.19. The number of hydrogen-bond donors (Lipinski definition) is 2. The molecule has 0 unspecified atom stereocenters. The van der Waals surface area contributed by atoms with Crippen LogP contribution in [0, 0.1) is 12.8 Å². The molecule has 0 spiro atoms. The summed E-state index contributed by atoms with van der Waals surface area (Å²) >= 11 is 1.27. The van der Waals surface area contributed by atoms with Gasteiger partial charge in [-0.3, -0.25) is 9.78 Å². The Morgan fingerprint density at radius 3 is 2.66 bits per heavy atom. The highest BCUT2D eigenvalue weighted by molar-refractivity contribution is 7.20. The van der Waals surface area contributed by atoms with Crippen LogP contribution in [-0.4, -0.2) is 40.0 Å². The maximum atomic E-state index is 12.9. The second-order valence-electron chi connectivity index (χ2n) is 6.85. The molecule has 29 heavy (non-hydrogen) atoms. The van der Waals surface area contributed by atoms with Crippen LogP contribution in [0.5, 0.6) is 0 Å². The number of rotatable bonds is 7. The normalized spacial score (nSPS) is 12.0. The van der Waals surface area contributed by atoms with E-state index < -0.39 is 12.0 Å². The monoisotopic (exact) mass is 413 g/mol. The van der Waals surface area contributed by atoms with E-state index in [0.29, 0.717) is 22.1 Å². The topological polar surface area (TPSA) is 106 Å². The first kappa shape index (κ1) is 20.7. The smallest absolute Gasteiger partial charge is 0.328 e. The Hall–Kier alpha value is -3.07. The van der Waals surface area contributed by atoms with Crippen molar-refractivity contribution in [2.75, 3.05) is 12.4 Å². The average Bonchev–Trinajstić information content (AvgIpc) is 3.07. The minimum absolute atomic E-state index is 0.100. The number of ether oxygens (including phenoxy) is 1. The van der Waals surface area contributed by atoms with Crippen molar-refractivity contribution in [1.29, 1.82) is 0 Å². The van der Waals surface area contributed by atoms with Crippen LogP contribution in [0.4, 0.5) is 5.82 Å². The first-order valence-electron chi connectivity index (χ1n) is 9.19. The summed E-state index contributed by atoms with van der Waals surface area (Å²) in [5.41, 5.74) is 1.64. The number of fused-ring (bicyclic) bond motifs is 1. The van der Waals surface area contributed by atoms with Crippen LogP contribution >= 0.6 is 11.3 Å². The van der Waals surface area contributed by atoms with E-state index >= 15 is 0 Å². The number of carbonyl (C=O) groups is 2. The fourth-order valence-electron chi connectivity index (χ4n) is 2.93. The third kappa shape index (κ3) is 4.51. The quantitative estimate of drug-likeness (QED) is 0.574. The number of methoxy groups -OCH3 is 1. The van der Waals surface area contributed by atoms with Crippen molar-refractivity contribution in [3.8, 4) is 0 Å². The van der Waals surface area contributed by atoms with Gasteiger partial charge in [0.15, 0.2) is 0 Å². The van der Waals surface area contributed by atoms with E-state index in [2.05, 4.69) is 25.6 Å². The number of thiophene rings is 1. The first-order valence-corrected chi connectivity index (χ1v) is 10.0. The second-order valence-corrected chi connectivity index (χ2v) is 7.85. The largest absolute Gasteiger partial charge is 0.467 e. The number of nitrogens with one attached hydrogen (secondary N) is 2. The second kappa shape index (κ2) is 8.95. The van der Waals surface area contributed by atoms with Crippen molar-refractivity contribution >= 4 is 39.2 Å². The SMILES string of the molecule is COC(=O)[C@@H](NC(=O)c1sc2ncnc(NCc3ccccn3)c2c1C)C(C)C. The van der Waals surface area contributed by atoms with Crippen LogP contribution in [-0.2, 0) is 16.1 Å². The Morgan fingerprint density at radius 1 is 1.21 bits per heavy atom. The molecule has 0 saturated heterocycles. The summed E-state index contributed by atoms with van der Waals surface area (Å²) < 4.78 is 4.80. The molecule has 2 N–H and O–H groups in total. The summed E-state index contributed by atoms with van der Waals surface area (Å²) in [6.45, 7) is 6.06. The maximum absolute atomic E-state index is 12.9. The van der Waals surface area contributed by atoms with Gasteiger partial charge in [-0.15, -0.1) is 11.3 Å². The molecule has 152 valence electrons. The zero-order chi connectivity index (χ0) is 21.0. The van der Waals surface area contributed by atoms with Crippen molar-refractivity contribution in [3.05, 3.63) is 46.9 Å².